The first-order valence-corrected chi connectivity index (χ1v) is 7.72. The molecule has 2 rings (SSSR count). The normalized spacial score (nSPS) is 31.9. The number of nitrogens with one attached hydrogen (secondary N) is 1. The summed E-state index contributed by atoms with van der Waals surface area (Å²) >= 11 is 0. The summed E-state index contributed by atoms with van der Waals surface area (Å²) in [5, 5.41) is 3.76. The van der Waals surface area contributed by atoms with Crippen molar-refractivity contribution < 1.29 is 0 Å². The second-order valence-electron chi connectivity index (χ2n) is 6.30. The Hall–Kier alpha value is -0.0800. The Kier molecular flexibility index (Phi) is 4.87. The van der Waals surface area contributed by atoms with Gasteiger partial charge in [0, 0.05) is 18.1 Å². The molecule has 1 atom stereocenters. The molecule has 1 N–H and O–H groups in total. The third-order valence-corrected chi connectivity index (χ3v) is 4.76. The second-order valence-corrected chi connectivity index (χ2v) is 6.30. The first-order chi connectivity index (χ1) is 8.23. The smallest absolute Gasteiger partial charge is 0.0280 e. The summed E-state index contributed by atoms with van der Waals surface area (Å²) in [6, 6.07) is 0.870. The van der Waals surface area contributed by atoms with E-state index in [0.29, 0.717) is 5.54 Å². The topological polar surface area (TPSA) is 15.3 Å². The molecule has 2 aliphatic rings. The van der Waals surface area contributed by atoms with E-state index < -0.39 is 0 Å². The first kappa shape index (κ1) is 13.4. The molecule has 2 fully saturated rings. The molecule has 2 heteroatoms. The molecule has 2 nitrogen and oxygen atoms in total. The molecule has 17 heavy (non-hydrogen) atoms. The maximum atomic E-state index is 3.76. The van der Waals surface area contributed by atoms with Gasteiger partial charge in [0.15, 0.2) is 0 Å². The quantitative estimate of drug-likeness (QED) is 0.809. The minimum atomic E-state index is 0.381. The molecule has 1 saturated carbocycles. The second kappa shape index (κ2) is 6.19. The third kappa shape index (κ3) is 3.69. The van der Waals surface area contributed by atoms with Crippen LogP contribution in [0.4, 0.5) is 0 Å². The SMILES string of the molecule is CCN(CC1(C)CCCCN1)C1CCCCC1. The molecule has 1 unspecified atom stereocenters. The maximum Gasteiger partial charge on any atom is 0.0280 e. The van der Waals surface area contributed by atoms with Gasteiger partial charge in [0.05, 0.1) is 0 Å². The van der Waals surface area contributed by atoms with E-state index in [4.69, 9.17) is 0 Å². The standard InChI is InChI=1S/C15H30N2/c1-3-17(14-9-5-4-6-10-14)13-15(2)11-7-8-12-16-15/h14,16H,3-13H2,1-2H3. The lowest BCUT2D eigenvalue weighted by Gasteiger charge is -2.43. The van der Waals surface area contributed by atoms with E-state index >= 15 is 0 Å². The Labute approximate surface area is 107 Å². The molecular weight excluding hydrogens is 208 g/mol. The van der Waals surface area contributed by atoms with Crippen molar-refractivity contribution in [1.29, 1.82) is 0 Å². The van der Waals surface area contributed by atoms with Gasteiger partial charge in [0.2, 0.25) is 0 Å². The predicted octanol–water partition coefficient (Wildman–Crippen LogP) is 3.17. The molecule has 0 spiro atoms. The fourth-order valence-electron chi connectivity index (χ4n) is 3.65. The van der Waals surface area contributed by atoms with Crippen LogP contribution in [0.5, 0.6) is 0 Å². The van der Waals surface area contributed by atoms with Gasteiger partial charge in [-0.3, -0.25) is 4.90 Å². The van der Waals surface area contributed by atoms with Crippen LogP contribution in [0.15, 0.2) is 0 Å². The van der Waals surface area contributed by atoms with E-state index in [-0.39, 0.29) is 0 Å². The molecule has 0 aromatic rings. The van der Waals surface area contributed by atoms with Crippen molar-refractivity contribution in [3.63, 3.8) is 0 Å². The lowest BCUT2D eigenvalue weighted by Crippen LogP contribution is -2.55. The van der Waals surface area contributed by atoms with Crippen molar-refractivity contribution in [2.24, 2.45) is 0 Å². The fraction of sp³-hybridized carbons (Fsp3) is 1.00. The number of hydrogen-bond acceptors (Lipinski definition) is 2. The summed E-state index contributed by atoms with van der Waals surface area (Å²) in [4.78, 5) is 2.75. The Bertz CT molecular complexity index is 215. The third-order valence-electron chi connectivity index (χ3n) is 4.76. The van der Waals surface area contributed by atoms with Gasteiger partial charge < -0.3 is 5.32 Å². The van der Waals surface area contributed by atoms with Crippen LogP contribution in [0, 0.1) is 0 Å². The highest BCUT2D eigenvalue weighted by atomic mass is 15.2. The van der Waals surface area contributed by atoms with Crippen molar-refractivity contribution >= 4 is 0 Å². The van der Waals surface area contributed by atoms with E-state index in [2.05, 4.69) is 24.1 Å². The zero-order valence-corrected chi connectivity index (χ0v) is 11.8. The van der Waals surface area contributed by atoms with Gasteiger partial charge in [0.1, 0.15) is 0 Å². The average Bonchev–Trinajstić information content (AvgIpc) is 2.38. The minimum absolute atomic E-state index is 0.381. The maximum absolute atomic E-state index is 3.76. The van der Waals surface area contributed by atoms with Crippen LogP contribution in [0.25, 0.3) is 0 Å². The molecule has 0 radical (unpaired) electrons. The highest BCUT2D eigenvalue weighted by Crippen LogP contribution is 2.26. The molecule has 0 amide bonds. The van der Waals surface area contributed by atoms with E-state index in [0.717, 1.165) is 6.04 Å². The monoisotopic (exact) mass is 238 g/mol. The first-order valence-electron chi connectivity index (χ1n) is 7.72. The Balaban J connectivity index is 1.88. The van der Waals surface area contributed by atoms with Gasteiger partial charge in [-0.05, 0) is 45.7 Å². The molecule has 0 bridgehead atoms. The van der Waals surface area contributed by atoms with E-state index in [1.54, 1.807) is 0 Å². The van der Waals surface area contributed by atoms with E-state index in [1.165, 1.54) is 71.0 Å². The van der Waals surface area contributed by atoms with Crippen molar-refractivity contribution in [3.05, 3.63) is 0 Å². The van der Waals surface area contributed by atoms with Crippen molar-refractivity contribution in [2.45, 2.75) is 76.8 Å². The molecular formula is C15H30N2. The Morgan fingerprint density at radius 2 is 1.88 bits per heavy atom. The van der Waals surface area contributed by atoms with Crippen LogP contribution < -0.4 is 5.32 Å². The summed E-state index contributed by atoms with van der Waals surface area (Å²) in [7, 11) is 0. The summed E-state index contributed by atoms with van der Waals surface area (Å²) in [6.07, 6.45) is 11.4. The van der Waals surface area contributed by atoms with E-state index in [1.807, 2.05) is 0 Å². The van der Waals surface area contributed by atoms with Crippen LogP contribution in [0.1, 0.15) is 65.2 Å². The van der Waals surface area contributed by atoms with Gasteiger partial charge in [-0.2, -0.15) is 0 Å². The lowest BCUT2D eigenvalue weighted by molar-refractivity contribution is 0.106. The number of likely N-dealkylation sites (N-methyl/N-ethyl adjacent to an activating group) is 1. The average molecular weight is 238 g/mol. The van der Waals surface area contributed by atoms with Gasteiger partial charge in [-0.15, -0.1) is 0 Å². The molecule has 0 aromatic carbocycles. The number of hydrogen-bond donors (Lipinski definition) is 1. The zero-order valence-electron chi connectivity index (χ0n) is 11.8. The van der Waals surface area contributed by atoms with E-state index in [9.17, 15) is 0 Å². The minimum Gasteiger partial charge on any atom is -0.310 e. The molecule has 1 saturated heterocycles. The van der Waals surface area contributed by atoms with Gasteiger partial charge in [-0.1, -0.05) is 32.6 Å². The van der Waals surface area contributed by atoms with Gasteiger partial charge in [0.25, 0.3) is 0 Å². The molecule has 1 heterocycles. The van der Waals surface area contributed by atoms with Crippen LogP contribution in [-0.2, 0) is 0 Å². The Morgan fingerprint density at radius 1 is 1.12 bits per heavy atom. The van der Waals surface area contributed by atoms with Crippen LogP contribution in [-0.4, -0.2) is 36.1 Å². The summed E-state index contributed by atoms with van der Waals surface area (Å²) in [6.45, 7) is 8.47. The highest BCUT2D eigenvalue weighted by molar-refractivity contribution is 4.91. The number of piperidine rings is 1. The summed E-state index contributed by atoms with van der Waals surface area (Å²) in [5.41, 5.74) is 0.381. The van der Waals surface area contributed by atoms with Crippen molar-refractivity contribution in [2.75, 3.05) is 19.6 Å². The largest absolute Gasteiger partial charge is 0.310 e. The zero-order chi connectivity index (χ0) is 12.1. The number of nitrogens with zero attached hydrogens (tertiary/aromatic N) is 1. The van der Waals surface area contributed by atoms with Gasteiger partial charge in [-0.25, -0.2) is 0 Å². The fourth-order valence-corrected chi connectivity index (χ4v) is 3.65. The summed E-state index contributed by atoms with van der Waals surface area (Å²) in [5.74, 6) is 0. The van der Waals surface area contributed by atoms with Crippen molar-refractivity contribution in [1.82, 2.24) is 10.2 Å². The molecule has 100 valence electrons. The number of rotatable bonds is 4. The predicted molar refractivity (Wildman–Crippen MR) is 74.4 cm³/mol. The highest BCUT2D eigenvalue weighted by Gasteiger charge is 2.31. The Morgan fingerprint density at radius 3 is 2.47 bits per heavy atom. The van der Waals surface area contributed by atoms with Crippen LogP contribution >= 0.6 is 0 Å². The molecule has 1 aliphatic heterocycles. The lowest BCUT2D eigenvalue weighted by atomic mass is 9.88. The van der Waals surface area contributed by atoms with Crippen LogP contribution in [0.3, 0.4) is 0 Å². The molecule has 1 aliphatic carbocycles. The van der Waals surface area contributed by atoms with Crippen molar-refractivity contribution in [3.8, 4) is 0 Å². The van der Waals surface area contributed by atoms with Gasteiger partial charge >= 0.3 is 0 Å². The molecule has 0 aromatic heterocycles. The summed E-state index contributed by atoms with van der Waals surface area (Å²) < 4.78 is 0. The van der Waals surface area contributed by atoms with Crippen LogP contribution in [0.2, 0.25) is 0 Å².